The Hall–Kier alpha value is -1.83. The van der Waals surface area contributed by atoms with Crippen LogP contribution >= 0.6 is 11.3 Å². The summed E-state index contributed by atoms with van der Waals surface area (Å²) in [7, 11) is 0. The highest BCUT2D eigenvalue weighted by Crippen LogP contribution is 2.25. The van der Waals surface area contributed by atoms with Gasteiger partial charge in [-0.05, 0) is 27.7 Å². The summed E-state index contributed by atoms with van der Waals surface area (Å²) in [5, 5.41) is 9.15. The number of nitrogens with one attached hydrogen (secondary N) is 3. The number of hydrogen-bond acceptors (Lipinski definition) is 6. The lowest BCUT2D eigenvalue weighted by atomic mass is 10.3. The van der Waals surface area contributed by atoms with E-state index in [0.717, 1.165) is 0 Å². The normalized spacial score (nSPS) is 10.8. The molecule has 118 valence electrons. The average molecular weight is 313 g/mol. The highest BCUT2D eigenvalue weighted by atomic mass is 32.1. The third kappa shape index (κ3) is 5.99. The minimum Gasteiger partial charge on any atom is -0.382 e. The fourth-order valence-electron chi connectivity index (χ4n) is 1.57. The van der Waals surface area contributed by atoms with Crippen molar-refractivity contribution < 1.29 is 9.59 Å². The SMILES string of the molecule is CC(C)NC(=O)CCNC(=O)c1sc(NC(C)C)nc1N. The molecule has 0 aliphatic carbocycles. The van der Waals surface area contributed by atoms with Gasteiger partial charge < -0.3 is 21.7 Å². The first-order valence-corrected chi connectivity index (χ1v) is 7.71. The Balaban J connectivity index is 2.48. The Morgan fingerprint density at radius 2 is 1.90 bits per heavy atom. The van der Waals surface area contributed by atoms with Crippen molar-refractivity contribution in [2.75, 3.05) is 17.6 Å². The first kappa shape index (κ1) is 17.2. The van der Waals surface area contributed by atoms with E-state index in [9.17, 15) is 9.59 Å². The fourth-order valence-corrected chi connectivity index (χ4v) is 2.51. The number of hydrogen-bond donors (Lipinski definition) is 4. The molecule has 1 rings (SSSR count). The van der Waals surface area contributed by atoms with Crippen molar-refractivity contribution in [3.63, 3.8) is 0 Å². The highest BCUT2D eigenvalue weighted by molar-refractivity contribution is 7.18. The van der Waals surface area contributed by atoms with Crippen molar-refractivity contribution in [2.24, 2.45) is 0 Å². The first-order chi connectivity index (χ1) is 9.79. The quantitative estimate of drug-likeness (QED) is 0.604. The second-order valence-electron chi connectivity index (χ2n) is 5.26. The zero-order valence-electron chi connectivity index (χ0n) is 12.8. The van der Waals surface area contributed by atoms with Crippen molar-refractivity contribution >= 4 is 34.1 Å². The molecule has 0 saturated carbocycles. The average Bonchev–Trinajstić information content (AvgIpc) is 2.68. The number of nitrogens with two attached hydrogens (primary N) is 1. The molecule has 5 N–H and O–H groups in total. The summed E-state index contributed by atoms with van der Waals surface area (Å²) in [5.41, 5.74) is 5.73. The molecule has 1 aromatic heterocycles. The van der Waals surface area contributed by atoms with E-state index in [1.165, 1.54) is 11.3 Å². The molecular formula is C13H23N5O2S. The number of nitrogens with zero attached hydrogens (tertiary/aromatic N) is 1. The Morgan fingerprint density at radius 3 is 2.48 bits per heavy atom. The lowest BCUT2D eigenvalue weighted by Gasteiger charge is -2.08. The molecule has 0 unspecified atom stereocenters. The summed E-state index contributed by atoms with van der Waals surface area (Å²) in [4.78, 5) is 27.9. The van der Waals surface area contributed by atoms with Crippen LogP contribution in [0.4, 0.5) is 10.9 Å². The van der Waals surface area contributed by atoms with Crippen LogP contribution in [0, 0.1) is 0 Å². The number of thiazole rings is 1. The predicted octanol–water partition coefficient (Wildman–Crippen LogP) is 1.19. The number of amides is 2. The number of carbonyl (C=O) groups is 2. The molecule has 7 nitrogen and oxygen atoms in total. The Kier molecular flexibility index (Phi) is 6.41. The van der Waals surface area contributed by atoms with Crippen LogP contribution < -0.4 is 21.7 Å². The standard InChI is InChI=1S/C13H23N5O2S/c1-7(2)16-9(19)5-6-15-12(20)10-11(14)18-13(21-10)17-8(3)4/h7-8H,5-6,14H2,1-4H3,(H,15,20)(H,16,19)(H,17,18). The van der Waals surface area contributed by atoms with Gasteiger partial charge in [-0.3, -0.25) is 9.59 Å². The van der Waals surface area contributed by atoms with Gasteiger partial charge in [-0.15, -0.1) is 0 Å². The molecule has 2 amide bonds. The molecule has 8 heteroatoms. The Morgan fingerprint density at radius 1 is 1.24 bits per heavy atom. The summed E-state index contributed by atoms with van der Waals surface area (Å²) >= 11 is 1.21. The van der Waals surface area contributed by atoms with Gasteiger partial charge in [0.25, 0.3) is 5.91 Å². The second kappa shape index (κ2) is 7.82. The van der Waals surface area contributed by atoms with Gasteiger partial charge in [0.2, 0.25) is 5.91 Å². The number of carbonyl (C=O) groups excluding carboxylic acids is 2. The summed E-state index contributed by atoms with van der Waals surface area (Å²) in [6, 6.07) is 0.307. The molecule has 0 atom stereocenters. The fraction of sp³-hybridized carbons (Fsp3) is 0.615. The number of anilines is 2. The summed E-state index contributed by atoms with van der Waals surface area (Å²) in [6.07, 6.45) is 0.236. The van der Waals surface area contributed by atoms with Crippen LogP contribution in [0.1, 0.15) is 43.8 Å². The van der Waals surface area contributed by atoms with E-state index in [-0.39, 0.29) is 42.7 Å². The van der Waals surface area contributed by atoms with Gasteiger partial charge in [0.1, 0.15) is 10.7 Å². The molecule has 0 fully saturated rings. The number of rotatable bonds is 7. The maximum absolute atomic E-state index is 12.0. The molecule has 21 heavy (non-hydrogen) atoms. The monoisotopic (exact) mass is 313 g/mol. The molecule has 0 spiro atoms. The zero-order chi connectivity index (χ0) is 16.0. The highest BCUT2D eigenvalue weighted by Gasteiger charge is 2.16. The van der Waals surface area contributed by atoms with Crippen molar-refractivity contribution in [3.8, 4) is 0 Å². The van der Waals surface area contributed by atoms with E-state index in [0.29, 0.717) is 10.0 Å². The van der Waals surface area contributed by atoms with Crippen molar-refractivity contribution in [3.05, 3.63) is 4.88 Å². The lowest BCUT2D eigenvalue weighted by molar-refractivity contribution is -0.121. The smallest absolute Gasteiger partial charge is 0.265 e. The number of aromatic nitrogens is 1. The van der Waals surface area contributed by atoms with Crippen molar-refractivity contribution in [1.29, 1.82) is 0 Å². The predicted molar refractivity (Wildman–Crippen MR) is 85.5 cm³/mol. The first-order valence-electron chi connectivity index (χ1n) is 6.90. The molecule has 0 aliphatic heterocycles. The van der Waals surface area contributed by atoms with Crippen LogP contribution in [0.2, 0.25) is 0 Å². The lowest BCUT2D eigenvalue weighted by Crippen LogP contribution is -2.34. The number of nitrogen functional groups attached to an aromatic ring is 1. The molecule has 0 bridgehead atoms. The molecule has 0 aliphatic rings. The minimum atomic E-state index is -0.306. The third-order valence-electron chi connectivity index (χ3n) is 2.36. The van der Waals surface area contributed by atoms with Crippen LogP contribution in [0.15, 0.2) is 0 Å². The van der Waals surface area contributed by atoms with Gasteiger partial charge in [-0.1, -0.05) is 11.3 Å². The summed E-state index contributed by atoms with van der Waals surface area (Å²) in [6.45, 7) is 7.99. The third-order valence-corrected chi connectivity index (χ3v) is 3.36. The van der Waals surface area contributed by atoms with Gasteiger partial charge in [0.15, 0.2) is 5.13 Å². The van der Waals surface area contributed by atoms with Crippen LogP contribution in [-0.2, 0) is 4.79 Å². The largest absolute Gasteiger partial charge is 0.382 e. The zero-order valence-corrected chi connectivity index (χ0v) is 13.6. The second-order valence-corrected chi connectivity index (χ2v) is 6.26. The van der Waals surface area contributed by atoms with Crippen molar-refractivity contribution in [1.82, 2.24) is 15.6 Å². The van der Waals surface area contributed by atoms with Gasteiger partial charge in [0.05, 0.1) is 0 Å². The molecule has 0 aromatic carbocycles. The van der Waals surface area contributed by atoms with E-state index in [1.54, 1.807) is 0 Å². The molecule has 1 aromatic rings. The van der Waals surface area contributed by atoms with Crippen LogP contribution in [0.3, 0.4) is 0 Å². The van der Waals surface area contributed by atoms with E-state index in [2.05, 4.69) is 20.9 Å². The van der Waals surface area contributed by atoms with Crippen molar-refractivity contribution in [2.45, 2.75) is 46.2 Å². The maximum atomic E-state index is 12.0. The van der Waals surface area contributed by atoms with E-state index in [1.807, 2.05) is 27.7 Å². The molecular weight excluding hydrogens is 290 g/mol. The Bertz CT molecular complexity index is 499. The maximum Gasteiger partial charge on any atom is 0.265 e. The van der Waals surface area contributed by atoms with Gasteiger partial charge in [-0.25, -0.2) is 4.98 Å². The van der Waals surface area contributed by atoms with Gasteiger partial charge in [-0.2, -0.15) is 0 Å². The molecule has 1 heterocycles. The van der Waals surface area contributed by atoms with Gasteiger partial charge in [0, 0.05) is 25.0 Å². The van der Waals surface area contributed by atoms with Gasteiger partial charge >= 0.3 is 0 Å². The topological polar surface area (TPSA) is 109 Å². The minimum absolute atomic E-state index is 0.0926. The van der Waals surface area contributed by atoms with Crippen LogP contribution in [-0.4, -0.2) is 35.4 Å². The van der Waals surface area contributed by atoms with E-state index < -0.39 is 0 Å². The summed E-state index contributed by atoms with van der Waals surface area (Å²) in [5.74, 6) is -0.198. The van der Waals surface area contributed by atoms with E-state index >= 15 is 0 Å². The van der Waals surface area contributed by atoms with Crippen LogP contribution in [0.25, 0.3) is 0 Å². The summed E-state index contributed by atoms with van der Waals surface area (Å²) < 4.78 is 0. The van der Waals surface area contributed by atoms with E-state index in [4.69, 9.17) is 5.73 Å². The molecule has 0 saturated heterocycles. The Labute approximate surface area is 128 Å². The van der Waals surface area contributed by atoms with Crippen LogP contribution in [0.5, 0.6) is 0 Å². The molecule has 0 radical (unpaired) electrons.